The van der Waals surface area contributed by atoms with E-state index in [0.717, 1.165) is 20.8 Å². The second-order valence-corrected chi connectivity index (χ2v) is 6.30. The molecule has 0 saturated carbocycles. The number of thioether (sulfide) groups is 1. The third-order valence-corrected chi connectivity index (χ3v) is 4.92. The number of hydrogen-bond acceptors (Lipinski definition) is 2. The van der Waals surface area contributed by atoms with Gasteiger partial charge in [0.15, 0.2) is 4.77 Å². The van der Waals surface area contributed by atoms with Crippen molar-refractivity contribution in [2.45, 2.75) is 18.9 Å². The minimum absolute atomic E-state index is 0.524. The number of benzene rings is 1. The second kappa shape index (κ2) is 4.67. The first-order valence-electron chi connectivity index (χ1n) is 5.74. The number of fused-ring (bicyclic) bond motifs is 1. The molecule has 3 rings (SSSR count). The van der Waals surface area contributed by atoms with Crippen LogP contribution in [-0.4, -0.2) is 21.1 Å². The Bertz CT molecular complexity index is 596. The number of nitrogens with zero attached hydrogens (tertiary/aromatic N) is 1. The SMILES string of the molecule is S=c1[nH]c2c(Cl)cccc2n1C1CCSCC1. The Balaban J connectivity index is 2.18. The number of H-pyrrole nitrogens is 1. The summed E-state index contributed by atoms with van der Waals surface area (Å²) < 4.78 is 3.04. The van der Waals surface area contributed by atoms with Crippen molar-refractivity contribution in [3.8, 4) is 0 Å². The number of halogens is 1. The highest BCUT2D eigenvalue weighted by molar-refractivity contribution is 7.99. The molecule has 5 heteroatoms. The molecule has 2 heterocycles. The van der Waals surface area contributed by atoms with Crippen LogP contribution in [0.2, 0.25) is 5.02 Å². The highest BCUT2D eigenvalue weighted by atomic mass is 35.5. The first-order valence-corrected chi connectivity index (χ1v) is 7.68. The fourth-order valence-electron chi connectivity index (χ4n) is 2.42. The van der Waals surface area contributed by atoms with E-state index in [2.05, 4.69) is 15.6 Å². The van der Waals surface area contributed by atoms with Gasteiger partial charge in [0.25, 0.3) is 0 Å². The van der Waals surface area contributed by atoms with Crippen molar-refractivity contribution >= 4 is 46.6 Å². The molecule has 1 aliphatic rings. The lowest BCUT2D eigenvalue weighted by molar-refractivity contribution is 0.476. The fourth-order valence-corrected chi connectivity index (χ4v) is 4.07. The number of aromatic nitrogens is 2. The summed E-state index contributed by atoms with van der Waals surface area (Å²) in [5, 5.41) is 0.748. The van der Waals surface area contributed by atoms with E-state index < -0.39 is 0 Å². The van der Waals surface area contributed by atoms with Gasteiger partial charge in [-0.15, -0.1) is 0 Å². The molecule has 0 amide bonds. The first-order chi connectivity index (χ1) is 8.27. The maximum absolute atomic E-state index is 6.19. The van der Waals surface area contributed by atoms with Crippen molar-refractivity contribution in [3.05, 3.63) is 28.0 Å². The number of aromatic amines is 1. The number of imidazole rings is 1. The van der Waals surface area contributed by atoms with E-state index in [9.17, 15) is 0 Å². The lowest BCUT2D eigenvalue weighted by atomic mass is 10.1. The molecule has 0 radical (unpaired) electrons. The summed E-state index contributed by atoms with van der Waals surface area (Å²) in [6.07, 6.45) is 2.39. The van der Waals surface area contributed by atoms with Crippen molar-refractivity contribution in [3.63, 3.8) is 0 Å². The Morgan fingerprint density at radius 2 is 2.12 bits per heavy atom. The van der Waals surface area contributed by atoms with E-state index in [0.29, 0.717) is 6.04 Å². The smallest absolute Gasteiger partial charge is 0.178 e. The maximum atomic E-state index is 6.19. The Labute approximate surface area is 114 Å². The molecule has 1 N–H and O–H groups in total. The Kier molecular flexibility index (Phi) is 3.19. The summed E-state index contributed by atoms with van der Waals surface area (Å²) in [7, 11) is 0. The second-order valence-electron chi connectivity index (χ2n) is 4.28. The van der Waals surface area contributed by atoms with Crippen LogP contribution < -0.4 is 0 Å². The number of rotatable bonds is 1. The van der Waals surface area contributed by atoms with Crippen LogP contribution in [0.4, 0.5) is 0 Å². The van der Waals surface area contributed by atoms with Gasteiger partial charge in [-0.25, -0.2) is 0 Å². The third-order valence-electron chi connectivity index (χ3n) is 3.26. The summed E-state index contributed by atoms with van der Waals surface area (Å²) >= 11 is 13.6. The van der Waals surface area contributed by atoms with E-state index in [1.54, 1.807) is 0 Å². The van der Waals surface area contributed by atoms with Crippen molar-refractivity contribution in [2.75, 3.05) is 11.5 Å². The molecule has 1 aromatic heterocycles. The third kappa shape index (κ3) is 2.02. The molecule has 0 aliphatic carbocycles. The van der Waals surface area contributed by atoms with E-state index in [1.165, 1.54) is 24.3 Å². The molecule has 0 unspecified atom stereocenters. The molecule has 1 aliphatic heterocycles. The quantitative estimate of drug-likeness (QED) is 0.783. The van der Waals surface area contributed by atoms with E-state index in [-0.39, 0.29) is 0 Å². The van der Waals surface area contributed by atoms with Gasteiger partial charge in [0.05, 0.1) is 16.1 Å². The average molecular weight is 285 g/mol. The van der Waals surface area contributed by atoms with Crippen LogP contribution in [0.15, 0.2) is 18.2 Å². The van der Waals surface area contributed by atoms with Crippen LogP contribution in [0.1, 0.15) is 18.9 Å². The number of para-hydroxylation sites is 1. The Hall–Kier alpha value is -0.450. The van der Waals surface area contributed by atoms with Gasteiger partial charge in [0.1, 0.15) is 0 Å². The van der Waals surface area contributed by atoms with Crippen molar-refractivity contribution in [2.24, 2.45) is 0 Å². The molecule has 0 bridgehead atoms. The largest absolute Gasteiger partial charge is 0.329 e. The topological polar surface area (TPSA) is 20.7 Å². The van der Waals surface area contributed by atoms with Gasteiger partial charge in [-0.05, 0) is 48.7 Å². The lowest BCUT2D eigenvalue weighted by Crippen LogP contribution is -2.15. The van der Waals surface area contributed by atoms with Crippen molar-refractivity contribution in [1.82, 2.24) is 9.55 Å². The van der Waals surface area contributed by atoms with Gasteiger partial charge in [-0.1, -0.05) is 17.7 Å². The van der Waals surface area contributed by atoms with Crippen LogP contribution in [-0.2, 0) is 0 Å². The molecule has 1 aromatic carbocycles. The summed E-state index contributed by atoms with van der Waals surface area (Å²) in [5.41, 5.74) is 2.11. The predicted molar refractivity (Wildman–Crippen MR) is 77.7 cm³/mol. The van der Waals surface area contributed by atoms with Gasteiger partial charge >= 0.3 is 0 Å². The monoisotopic (exact) mass is 284 g/mol. The number of nitrogens with one attached hydrogen (secondary N) is 1. The summed E-state index contributed by atoms with van der Waals surface area (Å²) in [6.45, 7) is 0. The van der Waals surface area contributed by atoms with Gasteiger partial charge < -0.3 is 9.55 Å². The maximum Gasteiger partial charge on any atom is 0.178 e. The van der Waals surface area contributed by atoms with Crippen LogP contribution >= 0.6 is 35.6 Å². The highest BCUT2D eigenvalue weighted by Crippen LogP contribution is 2.32. The molecule has 1 saturated heterocycles. The Morgan fingerprint density at radius 1 is 1.35 bits per heavy atom. The van der Waals surface area contributed by atoms with Crippen LogP contribution in [0.5, 0.6) is 0 Å². The van der Waals surface area contributed by atoms with Gasteiger partial charge in [-0.2, -0.15) is 11.8 Å². The van der Waals surface area contributed by atoms with Crippen LogP contribution in [0, 0.1) is 4.77 Å². The summed E-state index contributed by atoms with van der Waals surface area (Å²) in [6, 6.07) is 6.50. The zero-order valence-electron chi connectivity index (χ0n) is 9.28. The lowest BCUT2D eigenvalue weighted by Gasteiger charge is -2.23. The predicted octanol–water partition coefficient (Wildman–Crippen LogP) is 4.42. The normalized spacial score (nSPS) is 17.7. The van der Waals surface area contributed by atoms with Crippen molar-refractivity contribution in [1.29, 1.82) is 0 Å². The zero-order valence-corrected chi connectivity index (χ0v) is 11.7. The fraction of sp³-hybridized carbons (Fsp3) is 0.417. The molecule has 0 atom stereocenters. The van der Waals surface area contributed by atoms with Gasteiger partial charge in [-0.3, -0.25) is 0 Å². The molecule has 2 nitrogen and oxygen atoms in total. The van der Waals surface area contributed by atoms with Gasteiger partial charge in [0, 0.05) is 6.04 Å². The van der Waals surface area contributed by atoms with Crippen LogP contribution in [0.3, 0.4) is 0 Å². The minimum atomic E-state index is 0.524. The summed E-state index contributed by atoms with van der Waals surface area (Å²) in [5.74, 6) is 2.44. The molecule has 2 aromatic rings. The van der Waals surface area contributed by atoms with Gasteiger partial charge in [0.2, 0.25) is 0 Å². The summed E-state index contributed by atoms with van der Waals surface area (Å²) in [4.78, 5) is 3.23. The zero-order chi connectivity index (χ0) is 11.8. The molecule has 1 fully saturated rings. The Morgan fingerprint density at radius 3 is 2.88 bits per heavy atom. The molecular formula is C12H13ClN2S2. The molecular weight excluding hydrogens is 272 g/mol. The molecule has 90 valence electrons. The highest BCUT2D eigenvalue weighted by Gasteiger charge is 2.19. The van der Waals surface area contributed by atoms with E-state index in [1.807, 2.05) is 23.9 Å². The molecule has 0 spiro atoms. The molecule has 17 heavy (non-hydrogen) atoms. The first kappa shape index (κ1) is 11.6. The standard InChI is InChI=1S/C12H13ClN2S2/c13-9-2-1-3-10-11(9)14-12(16)15(10)8-4-6-17-7-5-8/h1-3,8H,4-7H2,(H,14,16). The number of hydrogen-bond donors (Lipinski definition) is 1. The van der Waals surface area contributed by atoms with E-state index >= 15 is 0 Å². The van der Waals surface area contributed by atoms with E-state index in [4.69, 9.17) is 23.8 Å². The van der Waals surface area contributed by atoms with Crippen molar-refractivity contribution < 1.29 is 0 Å². The minimum Gasteiger partial charge on any atom is -0.329 e. The average Bonchev–Trinajstić information content (AvgIpc) is 2.68. The van der Waals surface area contributed by atoms with Crippen LogP contribution in [0.25, 0.3) is 11.0 Å².